The first-order chi connectivity index (χ1) is 8.46. The third kappa shape index (κ3) is 3.35. The molecular weight excluding hydrogens is 252 g/mol. The summed E-state index contributed by atoms with van der Waals surface area (Å²) in [6.45, 7) is 6.76. The lowest BCUT2D eigenvalue weighted by Crippen LogP contribution is -2.35. The molecule has 2 heterocycles. The van der Waals surface area contributed by atoms with Gasteiger partial charge in [-0.05, 0) is 27.2 Å². The third-order valence-corrected chi connectivity index (χ3v) is 3.50. The minimum atomic E-state index is -0.463. The highest BCUT2D eigenvalue weighted by Gasteiger charge is 2.25. The fraction of sp³-hybridized carbons (Fsp3) is 0.667. The number of carbonyl (C=O) groups excluding carboxylic acids is 1. The Morgan fingerprint density at radius 1 is 1.67 bits per heavy atom. The molecule has 6 heteroatoms. The molecule has 2 rings (SSSR count). The van der Waals surface area contributed by atoms with Gasteiger partial charge in [0.05, 0.1) is 17.0 Å². The summed E-state index contributed by atoms with van der Waals surface area (Å²) < 4.78 is 10.6. The van der Waals surface area contributed by atoms with Crippen LogP contribution < -0.4 is 10.1 Å². The number of nitrogens with one attached hydrogen (secondary N) is 1. The number of aromatic nitrogens is 1. The first-order valence-corrected chi connectivity index (χ1v) is 6.87. The molecule has 1 aromatic rings. The van der Waals surface area contributed by atoms with Crippen molar-refractivity contribution in [2.24, 2.45) is 0 Å². The van der Waals surface area contributed by atoms with Crippen LogP contribution in [0.2, 0.25) is 0 Å². The van der Waals surface area contributed by atoms with Crippen molar-refractivity contribution in [3.8, 4) is 5.88 Å². The molecule has 1 atom stereocenters. The van der Waals surface area contributed by atoms with Crippen molar-refractivity contribution in [2.45, 2.75) is 38.7 Å². The molecule has 1 aliphatic rings. The van der Waals surface area contributed by atoms with Crippen molar-refractivity contribution in [1.29, 1.82) is 0 Å². The average Bonchev–Trinajstić information content (AvgIpc) is 2.72. The van der Waals surface area contributed by atoms with E-state index in [1.54, 1.807) is 16.8 Å². The Kier molecular flexibility index (Phi) is 3.75. The van der Waals surface area contributed by atoms with E-state index in [1.165, 1.54) is 0 Å². The molecule has 1 unspecified atom stereocenters. The SMILES string of the molecule is CC(C)(C)OC(=O)NCC1CCOc2ncsc21. The fourth-order valence-electron chi connectivity index (χ4n) is 1.77. The summed E-state index contributed by atoms with van der Waals surface area (Å²) in [5.41, 5.74) is 1.31. The van der Waals surface area contributed by atoms with Gasteiger partial charge in [0.2, 0.25) is 5.88 Å². The molecule has 0 bridgehead atoms. The molecule has 5 nitrogen and oxygen atoms in total. The van der Waals surface area contributed by atoms with Crippen LogP contribution >= 0.6 is 11.3 Å². The van der Waals surface area contributed by atoms with Gasteiger partial charge in [-0.25, -0.2) is 9.78 Å². The van der Waals surface area contributed by atoms with Crippen molar-refractivity contribution >= 4 is 17.4 Å². The highest BCUT2D eigenvalue weighted by Crippen LogP contribution is 2.35. The average molecular weight is 270 g/mol. The third-order valence-electron chi connectivity index (χ3n) is 2.53. The molecule has 0 radical (unpaired) electrons. The van der Waals surface area contributed by atoms with E-state index in [-0.39, 0.29) is 12.0 Å². The Bertz CT molecular complexity index is 425. The molecular formula is C12H18N2O3S. The van der Waals surface area contributed by atoms with Crippen LogP contribution in [0, 0.1) is 0 Å². The molecule has 0 spiro atoms. The lowest BCUT2D eigenvalue weighted by molar-refractivity contribution is 0.0521. The standard InChI is InChI=1S/C12H18N2O3S/c1-12(2,3)17-11(15)13-6-8-4-5-16-10-9(8)18-7-14-10/h7-8H,4-6H2,1-3H3,(H,13,15). The topological polar surface area (TPSA) is 60.5 Å². The Morgan fingerprint density at radius 2 is 2.44 bits per heavy atom. The quantitative estimate of drug-likeness (QED) is 0.897. The molecule has 0 fully saturated rings. The zero-order valence-electron chi connectivity index (χ0n) is 10.9. The summed E-state index contributed by atoms with van der Waals surface area (Å²) in [6.07, 6.45) is 0.519. The maximum absolute atomic E-state index is 11.6. The number of alkyl carbamates (subject to hydrolysis) is 1. The minimum absolute atomic E-state index is 0.272. The van der Waals surface area contributed by atoms with Crippen molar-refractivity contribution in [3.05, 3.63) is 10.4 Å². The number of hydrogen-bond acceptors (Lipinski definition) is 5. The maximum atomic E-state index is 11.6. The predicted octanol–water partition coefficient (Wildman–Crippen LogP) is 2.53. The van der Waals surface area contributed by atoms with Gasteiger partial charge in [0.15, 0.2) is 0 Å². The summed E-state index contributed by atoms with van der Waals surface area (Å²) in [5, 5.41) is 2.80. The number of amides is 1. The van der Waals surface area contributed by atoms with Gasteiger partial charge >= 0.3 is 6.09 Å². The number of ether oxygens (including phenoxy) is 2. The van der Waals surface area contributed by atoms with Gasteiger partial charge in [-0.2, -0.15) is 0 Å². The van der Waals surface area contributed by atoms with Crippen LogP contribution in [-0.4, -0.2) is 29.8 Å². The molecule has 100 valence electrons. The van der Waals surface area contributed by atoms with Crippen molar-refractivity contribution in [2.75, 3.05) is 13.2 Å². The zero-order valence-corrected chi connectivity index (χ0v) is 11.7. The first kappa shape index (κ1) is 13.1. The lowest BCUT2D eigenvalue weighted by Gasteiger charge is -2.24. The highest BCUT2D eigenvalue weighted by molar-refractivity contribution is 7.10. The molecule has 0 aromatic carbocycles. The molecule has 1 amide bonds. The van der Waals surface area contributed by atoms with Gasteiger partial charge in [0.25, 0.3) is 0 Å². The minimum Gasteiger partial charge on any atom is -0.477 e. The largest absolute Gasteiger partial charge is 0.477 e. The van der Waals surface area contributed by atoms with E-state index in [9.17, 15) is 4.79 Å². The number of thiazole rings is 1. The van der Waals surface area contributed by atoms with Gasteiger partial charge in [-0.1, -0.05) is 0 Å². The van der Waals surface area contributed by atoms with Crippen molar-refractivity contribution in [3.63, 3.8) is 0 Å². The molecule has 1 aliphatic heterocycles. The van der Waals surface area contributed by atoms with Crippen molar-refractivity contribution in [1.82, 2.24) is 10.3 Å². The molecule has 1 aromatic heterocycles. The second-order valence-electron chi connectivity index (χ2n) is 5.24. The predicted molar refractivity (Wildman–Crippen MR) is 69.2 cm³/mol. The summed E-state index contributed by atoms with van der Waals surface area (Å²) in [7, 11) is 0. The van der Waals surface area contributed by atoms with Gasteiger partial charge in [0, 0.05) is 12.5 Å². The monoisotopic (exact) mass is 270 g/mol. The first-order valence-electron chi connectivity index (χ1n) is 5.99. The molecule has 0 saturated carbocycles. The summed E-state index contributed by atoms with van der Waals surface area (Å²) in [4.78, 5) is 16.8. The summed E-state index contributed by atoms with van der Waals surface area (Å²) in [6, 6.07) is 0. The Labute approximate surface area is 111 Å². The van der Waals surface area contributed by atoms with Crippen LogP contribution in [0.25, 0.3) is 0 Å². The Balaban J connectivity index is 1.87. The van der Waals surface area contributed by atoms with E-state index in [0.29, 0.717) is 19.0 Å². The highest BCUT2D eigenvalue weighted by atomic mass is 32.1. The van der Waals surface area contributed by atoms with Crippen LogP contribution in [0.15, 0.2) is 5.51 Å². The van der Waals surface area contributed by atoms with Gasteiger partial charge < -0.3 is 14.8 Å². The number of nitrogens with zero attached hydrogens (tertiary/aromatic N) is 1. The van der Waals surface area contributed by atoms with Gasteiger partial charge in [-0.15, -0.1) is 11.3 Å². The van der Waals surface area contributed by atoms with Crippen LogP contribution in [0.4, 0.5) is 4.79 Å². The summed E-state index contributed by atoms with van der Waals surface area (Å²) >= 11 is 1.57. The van der Waals surface area contributed by atoms with E-state index < -0.39 is 5.60 Å². The Hall–Kier alpha value is -1.30. The summed E-state index contributed by atoms with van der Waals surface area (Å²) in [5.74, 6) is 0.982. The van der Waals surface area contributed by atoms with E-state index in [4.69, 9.17) is 9.47 Å². The lowest BCUT2D eigenvalue weighted by atomic mass is 10.0. The van der Waals surface area contributed by atoms with Crippen LogP contribution in [-0.2, 0) is 4.74 Å². The van der Waals surface area contributed by atoms with Crippen LogP contribution in [0.3, 0.4) is 0 Å². The molecule has 18 heavy (non-hydrogen) atoms. The second-order valence-corrected chi connectivity index (χ2v) is 6.12. The molecule has 1 N–H and O–H groups in total. The number of carbonyl (C=O) groups is 1. The van der Waals surface area contributed by atoms with E-state index in [2.05, 4.69) is 10.3 Å². The van der Waals surface area contributed by atoms with E-state index >= 15 is 0 Å². The van der Waals surface area contributed by atoms with Crippen LogP contribution in [0.5, 0.6) is 5.88 Å². The maximum Gasteiger partial charge on any atom is 0.407 e. The number of rotatable bonds is 2. The zero-order chi connectivity index (χ0) is 13.2. The van der Waals surface area contributed by atoms with Gasteiger partial charge in [0.1, 0.15) is 5.60 Å². The van der Waals surface area contributed by atoms with E-state index in [1.807, 2.05) is 20.8 Å². The fourth-order valence-corrected chi connectivity index (χ4v) is 2.64. The molecule has 0 saturated heterocycles. The number of fused-ring (bicyclic) bond motifs is 1. The normalized spacial score (nSPS) is 18.7. The molecule has 0 aliphatic carbocycles. The smallest absolute Gasteiger partial charge is 0.407 e. The second kappa shape index (κ2) is 5.14. The number of hydrogen-bond donors (Lipinski definition) is 1. The van der Waals surface area contributed by atoms with Gasteiger partial charge in [-0.3, -0.25) is 0 Å². The van der Waals surface area contributed by atoms with Crippen molar-refractivity contribution < 1.29 is 14.3 Å². The van der Waals surface area contributed by atoms with Crippen LogP contribution in [0.1, 0.15) is 38.0 Å². The Morgan fingerprint density at radius 3 is 3.17 bits per heavy atom. The van der Waals surface area contributed by atoms with E-state index in [0.717, 1.165) is 11.3 Å².